The van der Waals surface area contributed by atoms with Crippen molar-refractivity contribution in [2.45, 2.75) is 44.9 Å². The van der Waals surface area contributed by atoms with Crippen LogP contribution in [-0.4, -0.2) is 26.8 Å². The van der Waals surface area contributed by atoms with Crippen molar-refractivity contribution in [2.24, 2.45) is 11.8 Å². The summed E-state index contributed by atoms with van der Waals surface area (Å²) in [4.78, 5) is 0. The van der Waals surface area contributed by atoms with Crippen LogP contribution in [0.15, 0.2) is 30.3 Å². The van der Waals surface area contributed by atoms with Gasteiger partial charge >= 0.3 is 0 Å². The van der Waals surface area contributed by atoms with Crippen molar-refractivity contribution in [3.05, 3.63) is 35.9 Å². The maximum atomic E-state index is 5.13. The monoisotopic (exact) mass is 289 g/mol. The van der Waals surface area contributed by atoms with Crippen LogP contribution in [0.3, 0.4) is 0 Å². The van der Waals surface area contributed by atoms with Gasteiger partial charge in [0.25, 0.3) is 0 Å². The van der Waals surface area contributed by atoms with Gasteiger partial charge < -0.3 is 10.1 Å². The van der Waals surface area contributed by atoms with Gasteiger partial charge in [0, 0.05) is 13.7 Å². The minimum Gasteiger partial charge on any atom is -0.383 e. The average molecular weight is 289 g/mol. The molecule has 0 saturated heterocycles. The fourth-order valence-electron chi connectivity index (χ4n) is 3.61. The van der Waals surface area contributed by atoms with E-state index in [9.17, 15) is 0 Å². The Morgan fingerprint density at radius 3 is 2.67 bits per heavy atom. The fraction of sp³-hybridized carbons (Fsp3) is 0.684. The summed E-state index contributed by atoms with van der Waals surface area (Å²) in [5, 5.41) is 3.59. The van der Waals surface area contributed by atoms with E-state index in [0.717, 1.165) is 25.0 Å². The molecule has 1 aliphatic rings. The molecule has 2 heteroatoms. The molecule has 0 bridgehead atoms. The van der Waals surface area contributed by atoms with Gasteiger partial charge in [-0.15, -0.1) is 0 Å². The van der Waals surface area contributed by atoms with E-state index in [2.05, 4.69) is 35.6 Å². The molecule has 1 N–H and O–H groups in total. The van der Waals surface area contributed by atoms with Crippen molar-refractivity contribution >= 4 is 0 Å². The summed E-state index contributed by atoms with van der Waals surface area (Å²) in [6.45, 7) is 2.97. The van der Waals surface area contributed by atoms with Gasteiger partial charge in [-0.2, -0.15) is 0 Å². The zero-order valence-corrected chi connectivity index (χ0v) is 13.5. The number of ether oxygens (including phenoxy) is 1. The molecule has 0 heterocycles. The van der Waals surface area contributed by atoms with E-state index in [-0.39, 0.29) is 0 Å². The molecule has 0 aliphatic heterocycles. The Morgan fingerprint density at radius 2 is 1.95 bits per heavy atom. The van der Waals surface area contributed by atoms with Gasteiger partial charge in [-0.25, -0.2) is 0 Å². The summed E-state index contributed by atoms with van der Waals surface area (Å²) in [6.07, 6.45) is 9.68. The summed E-state index contributed by atoms with van der Waals surface area (Å²) in [7, 11) is 1.77. The number of hydrogen-bond donors (Lipinski definition) is 1. The predicted molar refractivity (Wildman–Crippen MR) is 89.6 cm³/mol. The highest BCUT2D eigenvalue weighted by Gasteiger charge is 2.24. The van der Waals surface area contributed by atoms with Crippen LogP contribution in [0.2, 0.25) is 0 Å². The third kappa shape index (κ3) is 6.19. The van der Waals surface area contributed by atoms with Gasteiger partial charge in [-0.1, -0.05) is 56.0 Å². The van der Waals surface area contributed by atoms with Crippen LogP contribution in [0.4, 0.5) is 0 Å². The number of benzene rings is 1. The van der Waals surface area contributed by atoms with Crippen LogP contribution < -0.4 is 5.32 Å². The Hall–Kier alpha value is -0.860. The van der Waals surface area contributed by atoms with Crippen molar-refractivity contribution in [3.8, 4) is 0 Å². The Bertz CT molecular complexity index is 359. The zero-order chi connectivity index (χ0) is 14.8. The highest BCUT2D eigenvalue weighted by Crippen LogP contribution is 2.33. The molecule has 0 amide bonds. The summed E-state index contributed by atoms with van der Waals surface area (Å²) in [5.41, 5.74) is 1.48. The van der Waals surface area contributed by atoms with Gasteiger partial charge in [0.1, 0.15) is 0 Å². The van der Waals surface area contributed by atoms with Crippen LogP contribution >= 0.6 is 0 Å². The summed E-state index contributed by atoms with van der Waals surface area (Å²) in [6, 6.07) is 10.9. The molecular formula is C19H31NO. The third-order valence-corrected chi connectivity index (χ3v) is 4.84. The van der Waals surface area contributed by atoms with E-state index >= 15 is 0 Å². The van der Waals surface area contributed by atoms with E-state index < -0.39 is 0 Å². The summed E-state index contributed by atoms with van der Waals surface area (Å²) in [5.74, 6) is 1.81. The van der Waals surface area contributed by atoms with E-state index in [1.807, 2.05) is 0 Å². The minimum atomic E-state index is 0.821. The Labute approximate surface area is 130 Å². The molecule has 0 spiro atoms. The van der Waals surface area contributed by atoms with Crippen LogP contribution in [0, 0.1) is 11.8 Å². The molecule has 1 atom stereocenters. The number of nitrogens with one attached hydrogen (secondary N) is 1. The summed E-state index contributed by atoms with van der Waals surface area (Å²) < 4.78 is 5.13. The lowest BCUT2D eigenvalue weighted by molar-refractivity contribution is 0.194. The lowest BCUT2D eigenvalue weighted by Crippen LogP contribution is -2.29. The number of methoxy groups -OCH3 is 1. The topological polar surface area (TPSA) is 21.3 Å². The molecular weight excluding hydrogens is 258 g/mol. The first-order valence-electron chi connectivity index (χ1n) is 8.63. The molecule has 0 aromatic heterocycles. The van der Waals surface area contributed by atoms with Gasteiger partial charge in [-0.05, 0) is 43.2 Å². The molecule has 2 rings (SSSR count). The highest BCUT2D eigenvalue weighted by atomic mass is 16.5. The molecule has 1 unspecified atom stereocenters. The maximum absolute atomic E-state index is 5.13. The highest BCUT2D eigenvalue weighted by molar-refractivity contribution is 5.14. The molecule has 2 nitrogen and oxygen atoms in total. The van der Waals surface area contributed by atoms with E-state index in [0.29, 0.717) is 0 Å². The lowest BCUT2D eigenvalue weighted by Gasteiger charge is -2.24. The van der Waals surface area contributed by atoms with E-state index in [1.54, 1.807) is 7.11 Å². The minimum absolute atomic E-state index is 0.821. The first-order valence-corrected chi connectivity index (χ1v) is 8.63. The smallest absolute Gasteiger partial charge is 0.0587 e. The standard InChI is InChI=1S/C19H31NO/c1-21-15-14-20-16-19(18-11-5-6-12-18)13-7-10-17-8-3-2-4-9-17/h2-4,8-9,18-20H,5-7,10-16H2,1H3. The first-order chi connectivity index (χ1) is 10.4. The second kappa shape index (κ2) is 9.97. The predicted octanol–water partition coefficient (Wildman–Crippen LogP) is 4.05. The van der Waals surface area contributed by atoms with Crippen LogP contribution in [-0.2, 0) is 11.2 Å². The Morgan fingerprint density at radius 1 is 1.19 bits per heavy atom. The lowest BCUT2D eigenvalue weighted by atomic mass is 9.86. The molecule has 1 aliphatic carbocycles. The molecule has 1 aromatic rings. The number of rotatable bonds is 10. The second-order valence-electron chi connectivity index (χ2n) is 6.38. The van der Waals surface area contributed by atoms with Gasteiger partial charge in [0.15, 0.2) is 0 Å². The van der Waals surface area contributed by atoms with Gasteiger partial charge in [-0.3, -0.25) is 0 Å². The van der Waals surface area contributed by atoms with Crippen molar-refractivity contribution in [3.63, 3.8) is 0 Å². The van der Waals surface area contributed by atoms with Crippen molar-refractivity contribution < 1.29 is 4.74 Å². The Balaban J connectivity index is 1.72. The van der Waals surface area contributed by atoms with Crippen LogP contribution in [0.5, 0.6) is 0 Å². The van der Waals surface area contributed by atoms with Gasteiger partial charge in [0.2, 0.25) is 0 Å². The Kier molecular flexibility index (Phi) is 7.83. The first kappa shape index (κ1) is 16.5. The molecule has 1 aromatic carbocycles. The molecule has 1 saturated carbocycles. The average Bonchev–Trinajstić information content (AvgIpc) is 3.05. The SMILES string of the molecule is COCCNCC(CCCc1ccccc1)C1CCCC1. The van der Waals surface area contributed by atoms with Crippen molar-refractivity contribution in [1.82, 2.24) is 5.32 Å². The zero-order valence-electron chi connectivity index (χ0n) is 13.5. The summed E-state index contributed by atoms with van der Waals surface area (Å²) >= 11 is 0. The normalized spacial score (nSPS) is 17.2. The van der Waals surface area contributed by atoms with E-state index in [1.165, 1.54) is 57.1 Å². The van der Waals surface area contributed by atoms with E-state index in [4.69, 9.17) is 4.74 Å². The quantitative estimate of drug-likeness (QED) is 0.656. The van der Waals surface area contributed by atoms with Crippen LogP contribution in [0.25, 0.3) is 0 Å². The molecule has 1 fully saturated rings. The third-order valence-electron chi connectivity index (χ3n) is 4.84. The second-order valence-corrected chi connectivity index (χ2v) is 6.38. The molecule has 0 radical (unpaired) electrons. The largest absolute Gasteiger partial charge is 0.383 e. The number of aryl methyl sites for hydroxylation is 1. The molecule has 118 valence electrons. The van der Waals surface area contributed by atoms with Crippen molar-refractivity contribution in [2.75, 3.05) is 26.8 Å². The van der Waals surface area contributed by atoms with Crippen molar-refractivity contribution in [1.29, 1.82) is 0 Å². The maximum Gasteiger partial charge on any atom is 0.0587 e. The fourth-order valence-corrected chi connectivity index (χ4v) is 3.61. The number of hydrogen-bond acceptors (Lipinski definition) is 2. The van der Waals surface area contributed by atoms with Gasteiger partial charge in [0.05, 0.1) is 6.61 Å². The molecule has 21 heavy (non-hydrogen) atoms. The van der Waals surface area contributed by atoms with Crippen LogP contribution in [0.1, 0.15) is 44.1 Å².